The first-order valence-corrected chi connectivity index (χ1v) is 6.83. The van der Waals surface area contributed by atoms with E-state index >= 15 is 0 Å². The number of anilines is 1. The highest BCUT2D eigenvalue weighted by molar-refractivity contribution is 5.58. The summed E-state index contributed by atoms with van der Waals surface area (Å²) >= 11 is 0. The zero-order chi connectivity index (χ0) is 11.7. The highest BCUT2D eigenvalue weighted by Gasteiger charge is 2.38. The molecule has 17 heavy (non-hydrogen) atoms. The van der Waals surface area contributed by atoms with Crippen molar-refractivity contribution in [2.45, 2.75) is 44.6 Å². The van der Waals surface area contributed by atoms with Crippen LogP contribution in [-0.2, 0) is 0 Å². The molecule has 0 atom stereocenters. The molecule has 1 heterocycles. The zero-order valence-corrected chi connectivity index (χ0v) is 10.7. The highest BCUT2D eigenvalue weighted by atomic mass is 15.2. The molecule has 0 unspecified atom stereocenters. The van der Waals surface area contributed by atoms with Gasteiger partial charge in [0, 0.05) is 12.2 Å². The van der Waals surface area contributed by atoms with Gasteiger partial charge in [0.15, 0.2) is 0 Å². The van der Waals surface area contributed by atoms with Gasteiger partial charge < -0.3 is 4.90 Å². The van der Waals surface area contributed by atoms with E-state index in [1.165, 1.54) is 43.4 Å². The van der Waals surface area contributed by atoms with Gasteiger partial charge in [-0.3, -0.25) is 0 Å². The largest absolute Gasteiger partial charge is 0.358 e. The Morgan fingerprint density at radius 3 is 2.59 bits per heavy atom. The minimum Gasteiger partial charge on any atom is -0.358 e. The van der Waals surface area contributed by atoms with E-state index in [4.69, 9.17) is 0 Å². The number of hydrogen-bond acceptors (Lipinski definition) is 1. The van der Waals surface area contributed by atoms with Crippen molar-refractivity contribution in [2.24, 2.45) is 0 Å². The summed E-state index contributed by atoms with van der Waals surface area (Å²) in [4.78, 5) is 2.63. The Kier molecular flexibility index (Phi) is 2.70. The molecule has 3 rings (SSSR count). The van der Waals surface area contributed by atoms with Crippen LogP contribution in [0, 0.1) is 6.92 Å². The van der Waals surface area contributed by atoms with Gasteiger partial charge in [-0.25, -0.2) is 0 Å². The van der Waals surface area contributed by atoms with Crippen molar-refractivity contribution < 1.29 is 0 Å². The Balaban J connectivity index is 1.95. The van der Waals surface area contributed by atoms with Crippen LogP contribution >= 0.6 is 0 Å². The molecule has 0 bridgehead atoms. The van der Waals surface area contributed by atoms with E-state index in [0.29, 0.717) is 5.54 Å². The second-order valence-electron chi connectivity index (χ2n) is 5.46. The number of rotatable bonds is 1. The molecule has 1 heteroatoms. The summed E-state index contributed by atoms with van der Waals surface area (Å²) in [5, 5.41) is 0. The van der Waals surface area contributed by atoms with Crippen LogP contribution < -0.4 is 4.90 Å². The fourth-order valence-electron chi connectivity index (χ4n) is 3.45. The maximum Gasteiger partial charge on any atom is 0.0589 e. The Morgan fingerprint density at radius 1 is 1.06 bits per heavy atom. The summed E-state index contributed by atoms with van der Waals surface area (Å²) in [5.41, 5.74) is 3.17. The molecule has 1 spiro atoms. The van der Waals surface area contributed by atoms with Crippen molar-refractivity contribution in [3.8, 4) is 0 Å². The van der Waals surface area contributed by atoms with Gasteiger partial charge in [0.2, 0.25) is 0 Å². The predicted molar refractivity (Wildman–Crippen MR) is 73.5 cm³/mol. The molecule has 1 nitrogen and oxygen atoms in total. The van der Waals surface area contributed by atoms with Gasteiger partial charge in [0.1, 0.15) is 0 Å². The van der Waals surface area contributed by atoms with Crippen molar-refractivity contribution in [2.75, 3.05) is 11.4 Å². The maximum atomic E-state index is 2.63. The molecule has 0 N–H and O–H groups in total. The third-order valence-corrected chi connectivity index (χ3v) is 4.38. The molecule has 90 valence electrons. The first-order valence-electron chi connectivity index (χ1n) is 6.83. The average Bonchev–Trinajstić information content (AvgIpc) is 2.74. The number of nitrogens with zero attached hydrogens (tertiary/aromatic N) is 1. The van der Waals surface area contributed by atoms with Gasteiger partial charge in [0.05, 0.1) is 5.54 Å². The smallest absolute Gasteiger partial charge is 0.0589 e. The topological polar surface area (TPSA) is 3.24 Å². The lowest BCUT2D eigenvalue weighted by Crippen LogP contribution is -2.46. The molecule has 0 amide bonds. The number of aryl methyl sites for hydroxylation is 1. The minimum absolute atomic E-state index is 0.338. The molecular weight excluding hydrogens is 206 g/mol. The first-order chi connectivity index (χ1) is 8.32. The lowest BCUT2D eigenvalue weighted by Gasteiger charge is -2.43. The van der Waals surface area contributed by atoms with E-state index in [1.54, 1.807) is 0 Å². The van der Waals surface area contributed by atoms with Crippen LogP contribution in [0.2, 0.25) is 0 Å². The van der Waals surface area contributed by atoms with Gasteiger partial charge in [-0.05, 0) is 31.4 Å². The van der Waals surface area contributed by atoms with Crippen molar-refractivity contribution in [3.05, 3.63) is 42.0 Å². The van der Waals surface area contributed by atoms with E-state index in [9.17, 15) is 0 Å². The van der Waals surface area contributed by atoms with Gasteiger partial charge >= 0.3 is 0 Å². The summed E-state index contributed by atoms with van der Waals surface area (Å²) < 4.78 is 0. The molecule has 1 fully saturated rings. The molecule has 2 aliphatic rings. The SMILES string of the molecule is Cc1ccccc1N1CC=CC12CCCCC2. The van der Waals surface area contributed by atoms with Crippen molar-refractivity contribution >= 4 is 5.69 Å². The molecule has 0 aromatic heterocycles. The van der Waals surface area contributed by atoms with Crippen molar-refractivity contribution in [1.82, 2.24) is 0 Å². The molecular formula is C16H21N. The quantitative estimate of drug-likeness (QED) is 0.654. The minimum atomic E-state index is 0.338. The Bertz CT molecular complexity index is 427. The number of para-hydroxylation sites is 1. The summed E-state index contributed by atoms with van der Waals surface area (Å²) in [6.45, 7) is 3.31. The van der Waals surface area contributed by atoms with Gasteiger partial charge in [-0.2, -0.15) is 0 Å². The van der Waals surface area contributed by atoms with Crippen LogP contribution in [-0.4, -0.2) is 12.1 Å². The van der Waals surface area contributed by atoms with Gasteiger partial charge in [0.25, 0.3) is 0 Å². The van der Waals surface area contributed by atoms with E-state index < -0.39 is 0 Å². The number of benzene rings is 1. The lowest BCUT2D eigenvalue weighted by atomic mass is 9.81. The van der Waals surface area contributed by atoms with Crippen molar-refractivity contribution in [3.63, 3.8) is 0 Å². The molecule has 1 aromatic carbocycles. The summed E-state index contributed by atoms with van der Waals surface area (Å²) in [7, 11) is 0. The monoisotopic (exact) mass is 227 g/mol. The predicted octanol–water partition coefficient (Wildman–Crippen LogP) is 4.07. The average molecular weight is 227 g/mol. The van der Waals surface area contributed by atoms with Crippen LogP contribution in [0.5, 0.6) is 0 Å². The molecule has 1 saturated carbocycles. The fourth-order valence-corrected chi connectivity index (χ4v) is 3.45. The Morgan fingerprint density at radius 2 is 1.82 bits per heavy atom. The Labute approximate surface area is 104 Å². The molecule has 1 aliphatic carbocycles. The first kappa shape index (κ1) is 10.9. The van der Waals surface area contributed by atoms with Crippen LogP contribution in [0.4, 0.5) is 5.69 Å². The summed E-state index contributed by atoms with van der Waals surface area (Å²) in [6.07, 6.45) is 11.7. The third-order valence-electron chi connectivity index (χ3n) is 4.38. The standard InChI is InChI=1S/C16H21N/c1-14-8-3-4-9-15(14)17-13-7-12-16(17)10-5-2-6-11-16/h3-4,7-9,12H,2,5-6,10-11,13H2,1H3. The van der Waals surface area contributed by atoms with Crippen LogP contribution in [0.1, 0.15) is 37.7 Å². The third kappa shape index (κ3) is 1.78. The van der Waals surface area contributed by atoms with Crippen LogP contribution in [0.15, 0.2) is 36.4 Å². The second-order valence-corrected chi connectivity index (χ2v) is 5.46. The molecule has 1 aliphatic heterocycles. The summed E-state index contributed by atoms with van der Waals surface area (Å²) in [5.74, 6) is 0. The van der Waals surface area contributed by atoms with Gasteiger partial charge in [-0.1, -0.05) is 49.6 Å². The fraction of sp³-hybridized carbons (Fsp3) is 0.500. The van der Waals surface area contributed by atoms with E-state index in [1.807, 2.05) is 0 Å². The Hall–Kier alpha value is -1.24. The van der Waals surface area contributed by atoms with Crippen LogP contribution in [0.3, 0.4) is 0 Å². The van der Waals surface area contributed by atoms with E-state index in [0.717, 1.165) is 6.54 Å². The molecule has 0 saturated heterocycles. The van der Waals surface area contributed by atoms with Gasteiger partial charge in [-0.15, -0.1) is 0 Å². The molecule has 0 radical (unpaired) electrons. The van der Waals surface area contributed by atoms with Crippen molar-refractivity contribution in [1.29, 1.82) is 0 Å². The van der Waals surface area contributed by atoms with Crippen LogP contribution in [0.25, 0.3) is 0 Å². The molecule has 1 aromatic rings. The van der Waals surface area contributed by atoms with E-state index in [2.05, 4.69) is 48.2 Å². The highest BCUT2D eigenvalue weighted by Crippen LogP contribution is 2.41. The second kappa shape index (κ2) is 4.21. The summed E-state index contributed by atoms with van der Waals surface area (Å²) in [6, 6.07) is 8.80. The number of hydrogen-bond donors (Lipinski definition) is 0. The zero-order valence-electron chi connectivity index (χ0n) is 10.7. The maximum absolute atomic E-state index is 2.63. The van der Waals surface area contributed by atoms with E-state index in [-0.39, 0.29) is 0 Å². The lowest BCUT2D eigenvalue weighted by molar-refractivity contribution is 0.349. The normalized spacial score (nSPS) is 22.3.